The van der Waals surface area contributed by atoms with Crippen LogP contribution in [0.3, 0.4) is 0 Å². The highest BCUT2D eigenvalue weighted by atomic mass is 32.1. The molecule has 0 aliphatic rings. The van der Waals surface area contributed by atoms with Crippen LogP contribution in [0.5, 0.6) is 5.75 Å². The summed E-state index contributed by atoms with van der Waals surface area (Å²) in [5, 5.41) is 6.01. The summed E-state index contributed by atoms with van der Waals surface area (Å²) >= 11 is 5.11. The second kappa shape index (κ2) is 6.99. The van der Waals surface area contributed by atoms with Gasteiger partial charge in [0.05, 0.1) is 6.61 Å². The third kappa shape index (κ3) is 4.39. The predicted molar refractivity (Wildman–Crippen MR) is 83.8 cm³/mol. The van der Waals surface area contributed by atoms with Crippen molar-refractivity contribution in [1.82, 2.24) is 0 Å². The summed E-state index contributed by atoms with van der Waals surface area (Å²) in [5.74, 6) is -1.06. The number of anilines is 2. The number of ether oxygens (including phenoxy) is 1. The summed E-state index contributed by atoms with van der Waals surface area (Å²) in [6.07, 6.45) is 0. The summed E-state index contributed by atoms with van der Waals surface area (Å²) in [6.45, 7) is 2.51. The number of rotatable bonds is 4. The molecule has 0 atom stereocenters. The highest BCUT2D eigenvalue weighted by Crippen LogP contribution is 2.17. The molecule has 0 unspecified atom stereocenters. The van der Waals surface area contributed by atoms with Gasteiger partial charge in [0.1, 0.15) is 5.75 Å². The van der Waals surface area contributed by atoms with Crippen LogP contribution >= 0.6 is 12.2 Å². The molecule has 0 saturated heterocycles. The quantitative estimate of drug-likeness (QED) is 0.831. The Bertz CT molecular complexity index is 632. The first kappa shape index (κ1) is 15.2. The van der Waals surface area contributed by atoms with Gasteiger partial charge >= 0.3 is 0 Å². The van der Waals surface area contributed by atoms with Crippen LogP contribution in [0.2, 0.25) is 0 Å². The lowest BCUT2D eigenvalue weighted by Crippen LogP contribution is -2.19. The summed E-state index contributed by atoms with van der Waals surface area (Å²) < 4.78 is 31.2. The maximum Gasteiger partial charge on any atom is 0.175 e. The number of halogens is 2. The first-order chi connectivity index (χ1) is 10.1. The van der Waals surface area contributed by atoms with Crippen LogP contribution in [-0.4, -0.2) is 11.7 Å². The van der Waals surface area contributed by atoms with E-state index < -0.39 is 11.6 Å². The molecule has 0 spiro atoms. The van der Waals surface area contributed by atoms with E-state index in [0.29, 0.717) is 12.3 Å². The lowest BCUT2D eigenvalue weighted by atomic mass is 10.3. The van der Waals surface area contributed by atoms with Crippen molar-refractivity contribution in [2.75, 3.05) is 17.2 Å². The summed E-state index contributed by atoms with van der Waals surface area (Å²) in [7, 11) is 0. The highest BCUT2D eigenvalue weighted by molar-refractivity contribution is 7.80. The minimum Gasteiger partial charge on any atom is -0.494 e. The molecule has 2 N–H and O–H groups in total. The summed E-state index contributed by atoms with van der Waals surface area (Å²) in [5.41, 5.74) is 1.14. The van der Waals surface area contributed by atoms with Gasteiger partial charge in [0, 0.05) is 17.4 Å². The number of hydrogen-bond donors (Lipinski definition) is 2. The number of nitrogens with one attached hydrogen (secondary N) is 2. The molecule has 21 heavy (non-hydrogen) atoms. The van der Waals surface area contributed by atoms with Crippen LogP contribution in [0.25, 0.3) is 0 Å². The van der Waals surface area contributed by atoms with E-state index in [1.807, 2.05) is 31.2 Å². The fraction of sp³-hybridized carbons (Fsp3) is 0.133. The van der Waals surface area contributed by atoms with Crippen LogP contribution in [0, 0.1) is 11.6 Å². The average Bonchev–Trinajstić information content (AvgIpc) is 2.45. The van der Waals surface area contributed by atoms with Gasteiger partial charge in [0.15, 0.2) is 16.7 Å². The van der Waals surface area contributed by atoms with E-state index in [-0.39, 0.29) is 5.11 Å². The van der Waals surface area contributed by atoms with E-state index in [1.54, 1.807) is 0 Å². The zero-order valence-electron chi connectivity index (χ0n) is 11.3. The molecule has 0 bridgehead atoms. The van der Waals surface area contributed by atoms with Gasteiger partial charge < -0.3 is 15.4 Å². The summed E-state index contributed by atoms with van der Waals surface area (Å²) in [6, 6.07) is 10.7. The van der Waals surface area contributed by atoms with Gasteiger partial charge in [0.25, 0.3) is 0 Å². The minimum absolute atomic E-state index is 0.283. The van der Waals surface area contributed by atoms with E-state index in [9.17, 15) is 8.78 Å². The topological polar surface area (TPSA) is 33.3 Å². The Labute approximate surface area is 126 Å². The zero-order chi connectivity index (χ0) is 15.2. The summed E-state index contributed by atoms with van der Waals surface area (Å²) in [4.78, 5) is 0. The first-order valence-electron chi connectivity index (χ1n) is 6.34. The van der Waals surface area contributed by atoms with Gasteiger partial charge in [0.2, 0.25) is 0 Å². The molecule has 0 radical (unpaired) electrons. The first-order valence-corrected chi connectivity index (χ1v) is 6.75. The third-order valence-corrected chi connectivity index (χ3v) is 2.80. The molecule has 6 heteroatoms. The molecule has 0 fully saturated rings. The Morgan fingerprint density at radius 3 is 2.24 bits per heavy atom. The van der Waals surface area contributed by atoms with Gasteiger partial charge in [-0.05, 0) is 55.5 Å². The van der Waals surface area contributed by atoms with Crippen LogP contribution in [-0.2, 0) is 0 Å². The predicted octanol–water partition coefficient (Wildman–Crippen LogP) is 4.17. The monoisotopic (exact) mass is 308 g/mol. The van der Waals surface area contributed by atoms with Crippen LogP contribution in [0.15, 0.2) is 42.5 Å². The maximum absolute atomic E-state index is 13.1. The van der Waals surface area contributed by atoms with Gasteiger partial charge in [-0.2, -0.15) is 0 Å². The Kier molecular flexibility index (Phi) is 5.05. The second-order valence-electron chi connectivity index (χ2n) is 4.17. The SMILES string of the molecule is CCOc1ccc(NC(=S)Nc2ccc(F)c(F)c2)cc1. The van der Waals surface area contributed by atoms with Crippen LogP contribution < -0.4 is 15.4 Å². The van der Waals surface area contributed by atoms with Crippen molar-refractivity contribution in [1.29, 1.82) is 0 Å². The van der Waals surface area contributed by atoms with Crippen molar-refractivity contribution < 1.29 is 13.5 Å². The highest BCUT2D eigenvalue weighted by Gasteiger charge is 2.04. The van der Waals surface area contributed by atoms with Crippen LogP contribution in [0.4, 0.5) is 20.2 Å². The molecule has 0 saturated carbocycles. The Balaban J connectivity index is 1.96. The molecule has 0 aliphatic heterocycles. The molecule has 2 aromatic rings. The van der Waals surface area contributed by atoms with Crippen molar-refractivity contribution in [2.24, 2.45) is 0 Å². The number of thiocarbonyl (C=S) groups is 1. The van der Waals surface area contributed by atoms with Gasteiger partial charge in [-0.3, -0.25) is 0 Å². The van der Waals surface area contributed by atoms with Gasteiger partial charge in [-0.15, -0.1) is 0 Å². The Morgan fingerprint density at radius 2 is 1.62 bits per heavy atom. The minimum atomic E-state index is -0.927. The molecule has 0 aliphatic carbocycles. The molecule has 3 nitrogen and oxygen atoms in total. The molecule has 0 aromatic heterocycles. The van der Waals surface area contributed by atoms with E-state index >= 15 is 0 Å². The van der Waals surface area contributed by atoms with Gasteiger partial charge in [-0.1, -0.05) is 0 Å². The Morgan fingerprint density at radius 1 is 1.00 bits per heavy atom. The van der Waals surface area contributed by atoms with E-state index in [2.05, 4.69) is 10.6 Å². The smallest absolute Gasteiger partial charge is 0.175 e. The normalized spacial score (nSPS) is 10.0. The standard InChI is InChI=1S/C15H14F2N2OS/c1-2-20-12-6-3-10(4-7-12)18-15(21)19-11-5-8-13(16)14(17)9-11/h3-9H,2H2,1H3,(H2,18,19,21). The van der Waals surface area contributed by atoms with Crippen LogP contribution in [0.1, 0.15) is 6.92 Å². The molecular weight excluding hydrogens is 294 g/mol. The van der Waals surface area contributed by atoms with E-state index in [0.717, 1.165) is 23.6 Å². The van der Waals surface area contributed by atoms with Crippen molar-refractivity contribution in [2.45, 2.75) is 6.92 Å². The maximum atomic E-state index is 13.1. The molecule has 0 heterocycles. The molecule has 110 valence electrons. The zero-order valence-corrected chi connectivity index (χ0v) is 12.1. The van der Waals surface area contributed by atoms with Crippen molar-refractivity contribution in [3.05, 3.63) is 54.1 Å². The number of benzene rings is 2. The molecule has 0 amide bonds. The van der Waals surface area contributed by atoms with E-state index in [4.69, 9.17) is 17.0 Å². The van der Waals surface area contributed by atoms with Crippen molar-refractivity contribution >= 4 is 28.7 Å². The molecule has 2 rings (SSSR count). The molecular formula is C15H14F2N2OS. The fourth-order valence-electron chi connectivity index (χ4n) is 1.67. The Hall–Kier alpha value is -2.21. The number of hydrogen-bond acceptors (Lipinski definition) is 2. The third-order valence-electron chi connectivity index (χ3n) is 2.60. The lowest BCUT2D eigenvalue weighted by Gasteiger charge is -2.11. The van der Waals surface area contributed by atoms with Gasteiger partial charge in [-0.25, -0.2) is 8.78 Å². The second-order valence-corrected chi connectivity index (χ2v) is 4.57. The lowest BCUT2D eigenvalue weighted by molar-refractivity contribution is 0.340. The largest absolute Gasteiger partial charge is 0.494 e. The van der Waals surface area contributed by atoms with Crippen molar-refractivity contribution in [3.63, 3.8) is 0 Å². The van der Waals surface area contributed by atoms with Crippen molar-refractivity contribution in [3.8, 4) is 5.75 Å². The fourth-order valence-corrected chi connectivity index (χ4v) is 1.90. The average molecular weight is 308 g/mol. The molecule has 2 aromatic carbocycles. The van der Waals surface area contributed by atoms with E-state index in [1.165, 1.54) is 6.07 Å².